The van der Waals surface area contributed by atoms with E-state index in [2.05, 4.69) is 5.32 Å². The number of methoxy groups -OCH3 is 1. The Balaban J connectivity index is 1.79. The van der Waals surface area contributed by atoms with E-state index in [-0.39, 0.29) is 6.61 Å². The van der Waals surface area contributed by atoms with Gasteiger partial charge in [0.05, 0.1) is 12.1 Å². The molecule has 0 unspecified atom stereocenters. The van der Waals surface area contributed by atoms with Crippen molar-refractivity contribution in [2.24, 2.45) is 11.7 Å². The number of halogens is 1. The van der Waals surface area contributed by atoms with Crippen LogP contribution in [0, 0.1) is 5.92 Å². The maximum Gasteiger partial charge on any atom is 0.255 e. The highest BCUT2D eigenvalue weighted by Crippen LogP contribution is 2.36. The van der Waals surface area contributed by atoms with Gasteiger partial charge in [0.25, 0.3) is 5.91 Å². The fourth-order valence-corrected chi connectivity index (χ4v) is 3.67. The normalized spacial score (nSPS) is 15.1. The SMILES string of the molecule is COc1cc(CNCCCC2CCCCC2)cc(Cl)c1OCC(N)=O. The van der Waals surface area contributed by atoms with Crippen molar-refractivity contribution in [1.82, 2.24) is 5.32 Å². The second-order valence-electron chi connectivity index (χ2n) is 6.69. The van der Waals surface area contributed by atoms with Crippen LogP contribution < -0.4 is 20.5 Å². The number of nitrogens with two attached hydrogens (primary N) is 1. The molecule has 2 rings (SSSR count). The van der Waals surface area contributed by atoms with Gasteiger partial charge in [0, 0.05) is 6.54 Å². The minimum Gasteiger partial charge on any atom is -0.493 e. The van der Waals surface area contributed by atoms with Crippen molar-refractivity contribution in [2.75, 3.05) is 20.3 Å². The Hall–Kier alpha value is -1.46. The van der Waals surface area contributed by atoms with Gasteiger partial charge in [-0.3, -0.25) is 4.79 Å². The quantitative estimate of drug-likeness (QED) is 0.618. The van der Waals surface area contributed by atoms with Crippen molar-refractivity contribution in [1.29, 1.82) is 0 Å². The Morgan fingerprint density at radius 2 is 2.08 bits per heavy atom. The van der Waals surface area contributed by atoms with Crippen LogP contribution in [0.25, 0.3) is 0 Å². The first-order valence-electron chi connectivity index (χ1n) is 9.08. The van der Waals surface area contributed by atoms with Crippen molar-refractivity contribution in [3.05, 3.63) is 22.7 Å². The molecule has 6 heteroatoms. The standard InChI is InChI=1S/C19H29ClN2O3/c1-24-17-11-15(10-16(20)19(17)25-13-18(21)23)12-22-9-5-8-14-6-3-2-4-7-14/h10-11,14,22H,2-9,12-13H2,1H3,(H2,21,23). The van der Waals surface area contributed by atoms with Crippen LogP contribution in [0.3, 0.4) is 0 Å². The van der Waals surface area contributed by atoms with Crippen molar-refractivity contribution in [3.63, 3.8) is 0 Å². The number of hydrogen-bond acceptors (Lipinski definition) is 4. The summed E-state index contributed by atoms with van der Waals surface area (Å²) in [7, 11) is 1.55. The van der Waals surface area contributed by atoms with Crippen molar-refractivity contribution >= 4 is 17.5 Å². The van der Waals surface area contributed by atoms with Gasteiger partial charge >= 0.3 is 0 Å². The van der Waals surface area contributed by atoms with E-state index in [9.17, 15) is 4.79 Å². The number of carbonyl (C=O) groups is 1. The molecule has 1 fully saturated rings. The molecular weight excluding hydrogens is 340 g/mol. The van der Waals surface area contributed by atoms with E-state index in [1.165, 1.54) is 44.9 Å². The topological polar surface area (TPSA) is 73.6 Å². The second-order valence-corrected chi connectivity index (χ2v) is 7.09. The Morgan fingerprint density at radius 1 is 1.32 bits per heavy atom. The molecular formula is C19H29ClN2O3. The summed E-state index contributed by atoms with van der Waals surface area (Å²) in [6, 6.07) is 3.70. The lowest BCUT2D eigenvalue weighted by Gasteiger charge is -2.21. The number of carbonyl (C=O) groups excluding carboxylic acids is 1. The summed E-state index contributed by atoms with van der Waals surface area (Å²) < 4.78 is 10.7. The van der Waals surface area contributed by atoms with Crippen molar-refractivity contribution in [3.8, 4) is 11.5 Å². The van der Waals surface area contributed by atoms with Crippen LogP contribution >= 0.6 is 11.6 Å². The summed E-state index contributed by atoms with van der Waals surface area (Å²) in [6.07, 6.45) is 9.54. The summed E-state index contributed by atoms with van der Waals surface area (Å²) in [5, 5.41) is 3.88. The van der Waals surface area contributed by atoms with Gasteiger partial charge in [-0.15, -0.1) is 0 Å². The number of amides is 1. The molecule has 3 N–H and O–H groups in total. The smallest absolute Gasteiger partial charge is 0.255 e. The molecule has 1 saturated carbocycles. The maximum absolute atomic E-state index is 10.9. The zero-order valence-electron chi connectivity index (χ0n) is 15.0. The molecule has 0 saturated heterocycles. The number of primary amides is 1. The van der Waals surface area contributed by atoms with Gasteiger partial charge < -0.3 is 20.5 Å². The van der Waals surface area contributed by atoms with E-state index in [0.717, 1.165) is 24.6 Å². The van der Waals surface area contributed by atoms with Crippen LogP contribution in [0.15, 0.2) is 12.1 Å². The lowest BCUT2D eigenvalue weighted by Crippen LogP contribution is -2.20. The zero-order chi connectivity index (χ0) is 18.1. The Kier molecular flexibility index (Phi) is 8.35. The number of hydrogen-bond donors (Lipinski definition) is 2. The van der Waals surface area contributed by atoms with Crippen molar-refractivity contribution in [2.45, 2.75) is 51.5 Å². The fourth-order valence-electron chi connectivity index (χ4n) is 3.38. The number of rotatable bonds is 10. The average Bonchev–Trinajstić information content (AvgIpc) is 2.60. The molecule has 0 spiro atoms. The molecule has 0 bridgehead atoms. The molecule has 1 aliphatic rings. The van der Waals surface area contributed by atoms with Gasteiger partial charge in [0.1, 0.15) is 0 Å². The molecule has 1 aromatic rings. The first kappa shape index (κ1) is 19.9. The molecule has 0 aromatic heterocycles. The second kappa shape index (κ2) is 10.5. The molecule has 140 valence electrons. The van der Waals surface area contributed by atoms with Gasteiger partial charge in [-0.1, -0.05) is 43.7 Å². The van der Waals surface area contributed by atoms with E-state index < -0.39 is 5.91 Å². The number of ether oxygens (including phenoxy) is 2. The predicted octanol–water partition coefficient (Wildman–Crippen LogP) is 3.66. The molecule has 0 heterocycles. The van der Waals surface area contributed by atoms with Crippen LogP contribution in [-0.2, 0) is 11.3 Å². The lowest BCUT2D eigenvalue weighted by molar-refractivity contribution is -0.119. The summed E-state index contributed by atoms with van der Waals surface area (Å²) in [5.41, 5.74) is 6.12. The third kappa shape index (κ3) is 6.75. The Morgan fingerprint density at radius 3 is 2.76 bits per heavy atom. The zero-order valence-corrected chi connectivity index (χ0v) is 15.7. The summed E-state index contributed by atoms with van der Waals surface area (Å²) in [5.74, 6) is 1.23. The Bertz CT molecular complexity index is 560. The minimum absolute atomic E-state index is 0.227. The van der Waals surface area contributed by atoms with E-state index in [0.29, 0.717) is 16.5 Å². The average molecular weight is 369 g/mol. The van der Waals surface area contributed by atoms with E-state index >= 15 is 0 Å². The van der Waals surface area contributed by atoms with Crippen LogP contribution in [0.5, 0.6) is 11.5 Å². The molecule has 1 aromatic carbocycles. The highest BCUT2D eigenvalue weighted by Gasteiger charge is 2.14. The molecule has 25 heavy (non-hydrogen) atoms. The van der Waals surface area contributed by atoms with Crippen LogP contribution in [0.4, 0.5) is 0 Å². The molecule has 1 amide bonds. The van der Waals surface area contributed by atoms with Gasteiger partial charge in [0.15, 0.2) is 18.1 Å². The van der Waals surface area contributed by atoms with Gasteiger partial charge in [0.2, 0.25) is 0 Å². The van der Waals surface area contributed by atoms with Crippen LogP contribution in [0.1, 0.15) is 50.5 Å². The largest absolute Gasteiger partial charge is 0.493 e. The van der Waals surface area contributed by atoms with Crippen LogP contribution in [-0.4, -0.2) is 26.2 Å². The lowest BCUT2D eigenvalue weighted by atomic mass is 9.86. The molecule has 1 aliphatic carbocycles. The Labute approximate surface area is 155 Å². The van der Waals surface area contributed by atoms with E-state index in [1.54, 1.807) is 7.11 Å². The summed E-state index contributed by atoms with van der Waals surface area (Å²) in [4.78, 5) is 10.9. The maximum atomic E-state index is 10.9. The molecule has 0 radical (unpaired) electrons. The first-order valence-corrected chi connectivity index (χ1v) is 9.46. The third-order valence-electron chi connectivity index (χ3n) is 4.67. The molecule has 0 aliphatic heterocycles. The number of nitrogens with one attached hydrogen (secondary N) is 1. The van der Waals surface area contributed by atoms with E-state index in [4.69, 9.17) is 26.8 Å². The minimum atomic E-state index is -0.554. The predicted molar refractivity (Wildman–Crippen MR) is 100 cm³/mol. The molecule has 5 nitrogen and oxygen atoms in total. The first-order chi connectivity index (χ1) is 12.1. The monoisotopic (exact) mass is 368 g/mol. The number of benzene rings is 1. The molecule has 0 atom stereocenters. The third-order valence-corrected chi connectivity index (χ3v) is 4.95. The van der Waals surface area contributed by atoms with Gasteiger partial charge in [-0.25, -0.2) is 0 Å². The summed E-state index contributed by atoms with van der Waals surface area (Å²) in [6.45, 7) is 1.49. The highest BCUT2D eigenvalue weighted by molar-refractivity contribution is 6.32. The summed E-state index contributed by atoms with van der Waals surface area (Å²) >= 11 is 6.25. The fraction of sp³-hybridized carbons (Fsp3) is 0.632. The van der Waals surface area contributed by atoms with Gasteiger partial charge in [-0.05, 0) is 43.0 Å². The van der Waals surface area contributed by atoms with E-state index in [1.807, 2.05) is 12.1 Å². The highest BCUT2D eigenvalue weighted by atomic mass is 35.5. The van der Waals surface area contributed by atoms with Crippen molar-refractivity contribution < 1.29 is 14.3 Å². The van der Waals surface area contributed by atoms with Crippen LogP contribution in [0.2, 0.25) is 5.02 Å². The van der Waals surface area contributed by atoms with Gasteiger partial charge in [-0.2, -0.15) is 0 Å².